The van der Waals surface area contributed by atoms with Crippen molar-refractivity contribution < 1.29 is 0 Å². The van der Waals surface area contributed by atoms with Crippen molar-refractivity contribution >= 4 is 5.82 Å². The van der Waals surface area contributed by atoms with Crippen LogP contribution in [0, 0.1) is 13.8 Å². The molecule has 0 N–H and O–H groups in total. The van der Waals surface area contributed by atoms with E-state index in [4.69, 9.17) is 0 Å². The van der Waals surface area contributed by atoms with Gasteiger partial charge in [0.2, 0.25) is 0 Å². The predicted molar refractivity (Wildman–Crippen MR) is 74.9 cm³/mol. The Balaban J connectivity index is 1.86. The first-order chi connectivity index (χ1) is 9.24. The van der Waals surface area contributed by atoms with Gasteiger partial charge in [-0.3, -0.25) is 4.98 Å². The van der Waals surface area contributed by atoms with Gasteiger partial charge in [0.05, 0.1) is 5.69 Å². The smallest absolute Gasteiger partial charge is 0.152 e. The second-order valence-electron chi connectivity index (χ2n) is 5.19. The normalized spacial score (nSPS) is 14.4. The van der Waals surface area contributed by atoms with Crippen LogP contribution in [0.3, 0.4) is 0 Å². The molecular formula is C15H18N4. The molecule has 2 aromatic rings. The Kier molecular flexibility index (Phi) is 3.15. The molecule has 0 bridgehead atoms. The fourth-order valence-corrected chi connectivity index (χ4v) is 2.14. The van der Waals surface area contributed by atoms with Gasteiger partial charge < -0.3 is 4.90 Å². The summed E-state index contributed by atoms with van der Waals surface area (Å²) in [5, 5.41) is 8.60. The van der Waals surface area contributed by atoms with Gasteiger partial charge in [0.1, 0.15) is 0 Å². The monoisotopic (exact) mass is 254 g/mol. The van der Waals surface area contributed by atoms with E-state index in [0.717, 1.165) is 18.1 Å². The molecule has 1 fully saturated rings. The van der Waals surface area contributed by atoms with Crippen LogP contribution < -0.4 is 4.90 Å². The number of aryl methyl sites for hydroxylation is 2. The molecular weight excluding hydrogens is 236 g/mol. The summed E-state index contributed by atoms with van der Waals surface area (Å²) in [6.07, 6.45) is 6.22. The summed E-state index contributed by atoms with van der Waals surface area (Å²) >= 11 is 0. The van der Waals surface area contributed by atoms with Crippen molar-refractivity contribution in [3.8, 4) is 0 Å². The molecule has 0 saturated heterocycles. The molecule has 0 aromatic carbocycles. The molecule has 19 heavy (non-hydrogen) atoms. The van der Waals surface area contributed by atoms with E-state index in [-0.39, 0.29) is 0 Å². The summed E-state index contributed by atoms with van der Waals surface area (Å²) in [5.74, 6) is 0.981. The SMILES string of the molecule is Cc1cc(N(Cc2cccnc2)C2CC2)nnc1C. The standard InChI is InChI=1S/C15H18N4/c1-11-8-15(18-17-12(11)2)19(14-5-6-14)10-13-4-3-7-16-9-13/h3-4,7-9,14H,5-6,10H2,1-2H3. The Morgan fingerprint density at radius 1 is 1.26 bits per heavy atom. The fourth-order valence-electron chi connectivity index (χ4n) is 2.14. The number of nitrogens with zero attached hydrogens (tertiary/aromatic N) is 4. The van der Waals surface area contributed by atoms with Crippen molar-refractivity contribution in [2.24, 2.45) is 0 Å². The molecule has 4 heteroatoms. The molecule has 2 heterocycles. The molecule has 0 unspecified atom stereocenters. The summed E-state index contributed by atoms with van der Waals surface area (Å²) in [7, 11) is 0. The van der Waals surface area contributed by atoms with Gasteiger partial charge in [-0.2, -0.15) is 5.10 Å². The summed E-state index contributed by atoms with van der Waals surface area (Å²) in [4.78, 5) is 6.52. The van der Waals surface area contributed by atoms with Crippen LogP contribution in [0.4, 0.5) is 5.82 Å². The fraction of sp³-hybridized carbons (Fsp3) is 0.400. The highest BCUT2D eigenvalue weighted by molar-refractivity contribution is 5.44. The molecule has 1 saturated carbocycles. The lowest BCUT2D eigenvalue weighted by molar-refractivity contribution is 0.756. The van der Waals surface area contributed by atoms with Crippen LogP contribution in [-0.4, -0.2) is 21.2 Å². The zero-order valence-corrected chi connectivity index (χ0v) is 11.4. The first kappa shape index (κ1) is 12.1. The summed E-state index contributed by atoms with van der Waals surface area (Å²) in [6, 6.07) is 6.83. The molecule has 0 aliphatic heterocycles. The topological polar surface area (TPSA) is 41.9 Å². The highest BCUT2D eigenvalue weighted by atomic mass is 15.3. The van der Waals surface area contributed by atoms with Gasteiger partial charge in [-0.25, -0.2) is 0 Å². The van der Waals surface area contributed by atoms with E-state index in [1.165, 1.54) is 24.0 Å². The van der Waals surface area contributed by atoms with Crippen molar-refractivity contribution in [1.29, 1.82) is 0 Å². The van der Waals surface area contributed by atoms with E-state index in [0.29, 0.717) is 6.04 Å². The Bertz CT molecular complexity index is 564. The second kappa shape index (κ2) is 4.96. The molecule has 0 radical (unpaired) electrons. The molecule has 3 rings (SSSR count). The van der Waals surface area contributed by atoms with E-state index in [1.807, 2.05) is 19.2 Å². The van der Waals surface area contributed by atoms with Crippen LogP contribution in [0.15, 0.2) is 30.6 Å². The van der Waals surface area contributed by atoms with Gasteiger partial charge in [0.25, 0.3) is 0 Å². The average molecular weight is 254 g/mol. The average Bonchev–Trinajstić information content (AvgIpc) is 3.25. The number of anilines is 1. The third-order valence-electron chi connectivity index (χ3n) is 3.58. The Labute approximate surface area is 113 Å². The second-order valence-corrected chi connectivity index (χ2v) is 5.19. The number of aromatic nitrogens is 3. The van der Waals surface area contributed by atoms with Crippen LogP contribution in [0.25, 0.3) is 0 Å². The molecule has 4 nitrogen and oxygen atoms in total. The van der Waals surface area contributed by atoms with E-state index in [2.05, 4.69) is 39.1 Å². The van der Waals surface area contributed by atoms with E-state index >= 15 is 0 Å². The quantitative estimate of drug-likeness (QED) is 0.841. The Morgan fingerprint density at radius 3 is 2.74 bits per heavy atom. The Morgan fingerprint density at radius 2 is 2.11 bits per heavy atom. The predicted octanol–water partition coefficient (Wildman–Crippen LogP) is 2.66. The summed E-state index contributed by atoms with van der Waals surface area (Å²) in [6.45, 7) is 4.94. The van der Waals surface area contributed by atoms with Crippen molar-refractivity contribution in [1.82, 2.24) is 15.2 Å². The highest BCUT2D eigenvalue weighted by Crippen LogP contribution is 2.32. The van der Waals surface area contributed by atoms with Crippen molar-refractivity contribution in [3.63, 3.8) is 0 Å². The maximum atomic E-state index is 4.35. The van der Waals surface area contributed by atoms with E-state index < -0.39 is 0 Å². The number of hydrogen-bond donors (Lipinski definition) is 0. The van der Waals surface area contributed by atoms with Crippen molar-refractivity contribution in [2.75, 3.05) is 4.90 Å². The van der Waals surface area contributed by atoms with Gasteiger partial charge >= 0.3 is 0 Å². The van der Waals surface area contributed by atoms with Gasteiger partial charge in [-0.1, -0.05) is 6.07 Å². The maximum Gasteiger partial charge on any atom is 0.152 e. The van der Waals surface area contributed by atoms with Crippen LogP contribution >= 0.6 is 0 Å². The van der Waals surface area contributed by atoms with Gasteiger partial charge in [-0.05, 0) is 49.9 Å². The van der Waals surface area contributed by atoms with Gasteiger partial charge in [0.15, 0.2) is 5.82 Å². The van der Waals surface area contributed by atoms with Crippen molar-refractivity contribution in [3.05, 3.63) is 47.4 Å². The largest absolute Gasteiger partial charge is 0.348 e. The molecule has 1 aliphatic carbocycles. The lowest BCUT2D eigenvalue weighted by Gasteiger charge is -2.23. The van der Waals surface area contributed by atoms with Crippen LogP contribution in [0.1, 0.15) is 29.7 Å². The zero-order valence-electron chi connectivity index (χ0n) is 11.4. The summed E-state index contributed by atoms with van der Waals surface area (Å²) < 4.78 is 0. The first-order valence-electron chi connectivity index (χ1n) is 6.70. The third kappa shape index (κ3) is 2.72. The minimum absolute atomic E-state index is 0.608. The van der Waals surface area contributed by atoms with Crippen LogP contribution in [-0.2, 0) is 6.54 Å². The number of hydrogen-bond acceptors (Lipinski definition) is 4. The molecule has 2 aromatic heterocycles. The lowest BCUT2D eigenvalue weighted by atomic mass is 10.2. The molecule has 0 spiro atoms. The van der Waals surface area contributed by atoms with Crippen molar-refractivity contribution in [2.45, 2.75) is 39.3 Å². The number of rotatable bonds is 4. The molecule has 0 atom stereocenters. The third-order valence-corrected chi connectivity index (χ3v) is 3.58. The molecule has 98 valence electrons. The minimum atomic E-state index is 0.608. The van der Waals surface area contributed by atoms with E-state index in [1.54, 1.807) is 6.20 Å². The van der Waals surface area contributed by atoms with Gasteiger partial charge in [-0.15, -0.1) is 5.10 Å². The maximum absolute atomic E-state index is 4.35. The molecule has 1 aliphatic rings. The molecule has 0 amide bonds. The lowest BCUT2D eigenvalue weighted by Crippen LogP contribution is -2.26. The van der Waals surface area contributed by atoms with Crippen LogP contribution in [0.5, 0.6) is 0 Å². The first-order valence-corrected chi connectivity index (χ1v) is 6.70. The highest BCUT2D eigenvalue weighted by Gasteiger charge is 2.30. The zero-order chi connectivity index (χ0) is 13.2. The van der Waals surface area contributed by atoms with Gasteiger partial charge in [0, 0.05) is 25.0 Å². The summed E-state index contributed by atoms with van der Waals surface area (Å²) in [5.41, 5.74) is 3.41. The van der Waals surface area contributed by atoms with E-state index in [9.17, 15) is 0 Å². The Hall–Kier alpha value is -1.97. The minimum Gasteiger partial charge on any atom is -0.348 e. The van der Waals surface area contributed by atoms with Crippen LogP contribution in [0.2, 0.25) is 0 Å². The number of pyridine rings is 1.